The van der Waals surface area contributed by atoms with Gasteiger partial charge in [-0.1, -0.05) is 31.2 Å². The number of anilines is 1. The Labute approximate surface area is 236 Å². The molecule has 0 saturated carbocycles. The zero-order valence-electron chi connectivity index (χ0n) is 22.3. The number of piperidine rings is 1. The number of alkyl halides is 4. The van der Waals surface area contributed by atoms with Gasteiger partial charge < -0.3 is 15.0 Å². The highest BCUT2D eigenvalue weighted by Crippen LogP contribution is 2.35. The third kappa shape index (κ3) is 7.97. The number of hydrogen-bond donors (Lipinski definition) is 1. The molecule has 1 unspecified atom stereocenters. The molecule has 214 valence electrons. The van der Waals surface area contributed by atoms with E-state index in [9.17, 15) is 22.4 Å². The average molecular weight is 576 g/mol. The summed E-state index contributed by atoms with van der Waals surface area (Å²) in [7, 11) is 0. The molecular formula is C30H33F4N3O2S. The van der Waals surface area contributed by atoms with Crippen LogP contribution in [0.25, 0.3) is 0 Å². The van der Waals surface area contributed by atoms with Gasteiger partial charge in [0, 0.05) is 30.1 Å². The molecule has 1 saturated heterocycles. The molecule has 1 aliphatic rings. The second kappa shape index (κ2) is 14.0. The topological polar surface area (TPSA) is 54.5 Å². The number of benzene rings is 2. The summed E-state index contributed by atoms with van der Waals surface area (Å²) in [4.78, 5) is 20.5. The average Bonchev–Trinajstić information content (AvgIpc) is 2.97. The van der Waals surface area contributed by atoms with Crippen molar-refractivity contribution in [1.82, 2.24) is 10.3 Å². The summed E-state index contributed by atoms with van der Waals surface area (Å²) < 4.78 is 57.2. The fourth-order valence-electron chi connectivity index (χ4n) is 4.82. The number of pyridine rings is 1. The molecule has 1 N–H and O–H groups in total. The minimum absolute atomic E-state index is 0.000616. The standard InChI is InChI=1S/C30H33F4N3O2S/c1-2-40-27-12-3-21(4-13-27)17-36-29(38)23-8-14-28(35-18-23)37-19-24(7-11-26(37)20-39-16-15-31)22-5-9-25(10-6-22)30(32,33)34/h3-6,8-10,12-14,18,24,26H,2,7,11,15-17,19-20H2,1H3,(H,36,38)/t24?,26-/m0/s1. The van der Waals surface area contributed by atoms with Crippen LogP contribution in [0.15, 0.2) is 71.8 Å². The molecule has 0 bridgehead atoms. The molecule has 2 aromatic carbocycles. The zero-order chi connectivity index (χ0) is 28.5. The van der Waals surface area contributed by atoms with Gasteiger partial charge in [0.15, 0.2) is 0 Å². The maximum atomic E-state index is 13.0. The van der Waals surface area contributed by atoms with Crippen LogP contribution in [0.4, 0.5) is 23.4 Å². The number of halogens is 4. The normalized spacial score (nSPS) is 17.6. The summed E-state index contributed by atoms with van der Waals surface area (Å²) in [5, 5.41) is 2.92. The van der Waals surface area contributed by atoms with Gasteiger partial charge in [0.05, 0.1) is 30.4 Å². The van der Waals surface area contributed by atoms with Crippen LogP contribution < -0.4 is 10.2 Å². The van der Waals surface area contributed by atoms with E-state index in [1.807, 2.05) is 29.2 Å². The SMILES string of the molecule is CCSc1ccc(CNC(=O)c2ccc(N3CC(c4ccc(C(F)(F)F)cc4)CC[C@H]3COCCF)nc2)cc1. The number of amides is 1. The summed E-state index contributed by atoms with van der Waals surface area (Å²) in [6, 6.07) is 16.8. The summed E-state index contributed by atoms with van der Waals surface area (Å²) >= 11 is 1.76. The van der Waals surface area contributed by atoms with Gasteiger partial charge in [-0.2, -0.15) is 13.2 Å². The highest BCUT2D eigenvalue weighted by atomic mass is 32.2. The van der Waals surface area contributed by atoms with Crippen molar-refractivity contribution in [1.29, 1.82) is 0 Å². The molecular weight excluding hydrogens is 542 g/mol. The molecule has 2 atom stereocenters. The Bertz CT molecular complexity index is 1220. The minimum Gasteiger partial charge on any atom is -0.377 e. The van der Waals surface area contributed by atoms with Crippen LogP contribution in [0.1, 0.15) is 52.7 Å². The number of nitrogens with zero attached hydrogens (tertiary/aromatic N) is 2. The van der Waals surface area contributed by atoms with Crippen LogP contribution in [-0.4, -0.2) is 49.1 Å². The second-order valence-electron chi connectivity index (χ2n) is 9.63. The molecule has 0 radical (unpaired) electrons. The molecule has 1 amide bonds. The monoisotopic (exact) mass is 575 g/mol. The third-order valence-corrected chi connectivity index (χ3v) is 7.83. The van der Waals surface area contributed by atoms with E-state index in [1.54, 1.807) is 23.9 Å². The Morgan fingerprint density at radius 1 is 1.07 bits per heavy atom. The van der Waals surface area contributed by atoms with Crippen LogP contribution in [0, 0.1) is 0 Å². The number of rotatable bonds is 11. The first-order valence-corrected chi connectivity index (χ1v) is 14.3. The van der Waals surface area contributed by atoms with Crippen LogP contribution in [-0.2, 0) is 17.5 Å². The maximum absolute atomic E-state index is 13.0. The summed E-state index contributed by atoms with van der Waals surface area (Å²) in [5.41, 5.74) is 1.56. The molecule has 4 rings (SSSR count). The number of carbonyl (C=O) groups is 1. The molecule has 3 aromatic rings. The molecule has 0 spiro atoms. The lowest BCUT2D eigenvalue weighted by atomic mass is 9.87. The first-order valence-electron chi connectivity index (χ1n) is 13.3. The second-order valence-corrected chi connectivity index (χ2v) is 11.0. The lowest BCUT2D eigenvalue weighted by Gasteiger charge is -2.40. The van der Waals surface area contributed by atoms with E-state index in [4.69, 9.17) is 4.74 Å². The van der Waals surface area contributed by atoms with Crippen molar-refractivity contribution < 1.29 is 27.1 Å². The minimum atomic E-state index is -4.38. The predicted octanol–water partition coefficient (Wildman–Crippen LogP) is 6.88. The van der Waals surface area contributed by atoms with Gasteiger partial charge in [-0.15, -0.1) is 11.8 Å². The van der Waals surface area contributed by atoms with Gasteiger partial charge in [0.2, 0.25) is 0 Å². The number of nitrogens with one attached hydrogen (secondary N) is 1. The van der Waals surface area contributed by atoms with Crippen molar-refractivity contribution in [2.45, 2.75) is 49.3 Å². The van der Waals surface area contributed by atoms with E-state index in [2.05, 4.69) is 17.2 Å². The number of aromatic nitrogens is 1. The quantitative estimate of drug-likeness (QED) is 0.153. The highest BCUT2D eigenvalue weighted by molar-refractivity contribution is 7.99. The lowest BCUT2D eigenvalue weighted by molar-refractivity contribution is -0.137. The van der Waals surface area contributed by atoms with Gasteiger partial charge in [-0.05, 0) is 66.1 Å². The highest BCUT2D eigenvalue weighted by Gasteiger charge is 2.33. The smallest absolute Gasteiger partial charge is 0.377 e. The van der Waals surface area contributed by atoms with Crippen molar-refractivity contribution >= 4 is 23.5 Å². The van der Waals surface area contributed by atoms with E-state index < -0.39 is 18.4 Å². The third-order valence-electron chi connectivity index (χ3n) is 6.94. The van der Waals surface area contributed by atoms with E-state index in [0.717, 1.165) is 35.4 Å². The number of ether oxygens (including phenoxy) is 1. The fraction of sp³-hybridized carbons (Fsp3) is 0.400. The van der Waals surface area contributed by atoms with E-state index >= 15 is 0 Å². The van der Waals surface area contributed by atoms with Crippen molar-refractivity contribution in [3.63, 3.8) is 0 Å². The van der Waals surface area contributed by atoms with Crippen molar-refractivity contribution in [2.75, 3.05) is 37.1 Å². The largest absolute Gasteiger partial charge is 0.416 e. The Morgan fingerprint density at radius 2 is 1.82 bits per heavy atom. The van der Waals surface area contributed by atoms with E-state index in [-0.39, 0.29) is 24.5 Å². The summed E-state index contributed by atoms with van der Waals surface area (Å²) in [6.45, 7) is 2.74. The van der Waals surface area contributed by atoms with Crippen molar-refractivity contribution in [3.8, 4) is 0 Å². The first kappa shape index (κ1) is 29.9. The van der Waals surface area contributed by atoms with Gasteiger partial charge in [0.25, 0.3) is 5.91 Å². The van der Waals surface area contributed by atoms with Crippen molar-refractivity contribution in [3.05, 3.63) is 89.1 Å². The first-order chi connectivity index (χ1) is 19.3. The van der Waals surface area contributed by atoms with Crippen molar-refractivity contribution in [2.24, 2.45) is 0 Å². The fourth-order valence-corrected chi connectivity index (χ4v) is 5.48. The zero-order valence-corrected chi connectivity index (χ0v) is 23.1. The van der Waals surface area contributed by atoms with Gasteiger partial charge >= 0.3 is 6.18 Å². The molecule has 2 heterocycles. The molecule has 40 heavy (non-hydrogen) atoms. The van der Waals surface area contributed by atoms with Crippen LogP contribution in [0.2, 0.25) is 0 Å². The number of thioether (sulfide) groups is 1. The van der Waals surface area contributed by atoms with E-state index in [1.165, 1.54) is 23.2 Å². The van der Waals surface area contributed by atoms with E-state index in [0.29, 0.717) is 37.5 Å². The summed E-state index contributed by atoms with van der Waals surface area (Å²) in [5.74, 6) is 1.38. The van der Waals surface area contributed by atoms with Gasteiger partial charge in [-0.3, -0.25) is 4.79 Å². The number of carbonyl (C=O) groups excluding carboxylic acids is 1. The maximum Gasteiger partial charge on any atom is 0.416 e. The molecule has 0 aliphatic carbocycles. The molecule has 10 heteroatoms. The summed E-state index contributed by atoms with van der Waals surface area (Å²) in [6.07, 6.45) is -1.40. The number of hydrogen-bond acceptors (Lipinski definition) is 5. The molecule has 1 aliphatic heterocycles. The Kier molecular flexibility index (Phi) is 10.4. The Hall–Kier alpha value is -3.11. The Morgan fingerprint density at radius 3 is 2.45 bits per heavy atom. The van der Waals surface area contributed by atoms with Gasteiger partial charge in [-0.25, -0.2) is 9.37 Å². The van der Waals surface area contributed by atoms with Crippen LogP contribution in [0.5, 0.6) is 0 Å². The van der Waals surface area contributed by atoms with Crippen LogP contribution >= 0.6 is 11.8 Å². The van der Waals surface area contributed by atoms with Gasteiger partial charge in [0.1, 0.15) is 12.5 Å². The molecule has 5 nitrogen and oxygen atoms in total. The lowest BCUT2D eigenvalue weighted by Crippen LogP contribution is -2.46. The van der Waals surface area contributed by atoms with Crippen LogP contribution in [0.3, 0.4) is 0 Å². The molecule has 1 fully saturated rings. The predicted molar refractivity (Wildman–Crippen MR) is 150 cm³/mol. The Balaban J connectivity index is 1.43. The molecule has 1 aromatic heterocycles.